The summed E-state index contributed by atoms with van der Waals surface area (Å²) in [6.07, 6.45) is 7.99. The third kappa shape index (κ3) is 2.89. The molecule has 2 aliphatic rings. The van der Waals surface area contributed by atoms with Crippen LogP contribution in [0.5, 0.6) is 0 Å². The smallest absolute Gasteiger partial charge is 0.0766 e. The molecule has 0 amide bonds. The Labute approximate surface area is 111 Å². The minimum Gasteiger partial charge on any atom is -0.389 e. The molecule has 1 atom stereocenters. The van der Waals surface area contributed by atoms with E-state index in [-0.39, 0.29) is 0 Å². The van der Waals surface area contributed by atoms with E-state index in [1.807, 2.05) is 0 Å². The zero-order chi connectivity index (χ0) is 13.1. The van der Waals surface area contributed by atoms with Gasteiger partial charge in [0.2, 0.25) is 0 Å². The molecular weight excluding hydrogens is 226 g/mol. The maximum Gasteiger partial charge on any atom is 0.0766 e. The highest BCUT2D eigenvalue weighted by Gasteiger charge is 2.44. The Bertz CT molecular complexity index is 257. The molecule has 0 radical (unpaired) electrons. The molecule has 1 aliphatic heterocycles. The van der Waals surface area contributed by atoms with Crippen LogP contribution in [0.25, 0.3) is 0 Å². The van der Waals surface area contributed by atoms with Gasteiger partial charge in [0.05, 0.1) is 5.60 Å². The van der Waals surface area contributed by atoms with Gasteiger partial charge in [0, 0.05) is 25.8 Å². The van der Waals surface area contributed by atoms with Crippen molar-refractivity contribution >= 4 is 0 Å². The second-order valence-electron chi connectivity index (χ2n) is 6.23. The maximum atomic E-state index is 10.4. The van der Waals surface area contributed by atoms with Crippen molar-refractivity contribution in [2.24, 2.45) is 5.41 Å². The molecule has 0 bridgehead atoms. The van der Waals surface area contributed by atoms with Crippen LogP contribution in [-0.2, 0) is 4.74 Å². The van der Waals surface area contributed by atoms with Gasteiger partial charge in [0.15, 0.2) is 0 Å². The van der Waals surface area contributed by atoms with Crippen LogP contribution in [-0.4, -0.2) is 36.5 Å². The number of hydrogen-bond acceptors (Lipinski definition) is 3. The zero-order valence-electron chi connectivity index (χ0n) is 12.0. The standard InChI is InChI=1S/C15H29NO2/c1-3-15(17,4-2)12-16-13-6-5-7-14(13)8-10-18-11-9-14/h13,16-17H,3-12H2,1-2H3. The monoisotopic (exact) mass is 255 g/mol. The first-order chi connectivity index (χ1) is 8.64. The summed E-state index contributed by atoms with van der Waals surface area (Å²) < 4.78 is 5.52. The first-order valence-electron chi connectivity index (χ1n) is 7.68. The Hall–Kier alpha value is -0.120. The Morgan fingerprint density at radius 1 is 1.22 bits per heavy atom. The van der Waals surface area contributed by atoms with Crippen molar-refractivity contribution in [2.75, 3.05) is 19.8 Å². The summed E-state index contributed by atoms with van der Waals surface area (Å²) in [4.78, 5) is 0. The van der Waals surface area contributed by atoms with Crippen LogP contribution in [0.4, 0.5) is 0 Å². The molecule has 0 aromatic heterocycles. The van der Waals surface area contributed by atoms with E-state index < -0.39 is 5.60 Å². The van der Waals surface area contributed by atoms with Crippen molar-refractivity contribution in [3.8, 4) is 0 Å². The normalized spacial score (nSPS) is 27.8. The predicted molar refractivity (Wildman–Crippen MR) is 73.7 cm³/mol. The Morgan fingerprint density at radius 3 is 2.50 bits per heavy atom. The lowest BCUT2D eigenvalue weighted by Gasteiger charge is -2.40. The molecule has 2 fully saturated rings. The third-order valence-corrected chi connectivity index (χ3v) is 5.39. The molecule has 106 valence electrons. The van der Waals surface area contributed by atoms with Crippen LogP contribution in [0.3, 0.4) is 0 Å². The molecule has 1 spiro atoms. The molecule has 1 saturated heterocycles. The van der Waals surface area contributed by atoms with Gasteiger partial charge in [-0.05, 0) is 43.9 Å². The van der Waals surface area contributed by atoms with Gasteiger partial charge >= 0.3 is 0 Å². The maximum absolute atomic E-state index is 10.4. The SMILES string of the molecule is CCC(O)(CC)CNC1CCCC12CCOCC2. The summed E-state index contributed by atoms with van der Waals surface area (Å²) >= 11 is 0. The van der Waals surface area contributed by atoms with Gasteiger partial charge in [-0.1, -0.05) is 20.3 Å². The number of ether oxygens (including phenoxy) is 1. The molecule has 1 unspecified atom stereocenters. The van der Waals surface area contributed by atoms with Gasteiger partial charge in [-0.25, -0.2) is 0 Å². The first kappa shape index (κ1) is 14.3. The van der Waals surface area contributed by atoms with Crippen molar-refractivity contribution in [3.05, 3.63) is 0 Å². The molecule has 3 nitrogen and oxygen atoms in total. The second-order valence-corrected chi connectivity index (χ2v) is 6.23. The number of aliphatic hydroxyl groups is 1. The minimum atomic E-state index is -0.519. The highest BCUT2D eigenvalue weighted by atomic mass is 16.5. The van der Waals surface area contributed by atoms with Crippen molar-refractivity contribution in [2.45, 2.75) is 70.4 Å². The second kappa shape index (κ2) is 5.89. The molecule has 2 N–H and O–H groups in total. The average molecular weight is 255 g/mol. The van der Waals surface area contributed by atoms with E-state index in [0.29, 0.717) is 11.5 Å². The van der Waals surface area contributed by atoms with Crippen molar-refractivity contribution in [1.82, 2.24) is 5.32 Å². The Morgan fingerprint density at radius 2 is 1.89 bits per heavy atom. The lowest BCUT2D eigenvalue weighted by molar-refractivity contribution is -0.00814. The summed E-state index contributed by atoms with van der Waals surface area (Å²) in [6.45, 7) is 6.73. The summed E-state index contributed by atoms with van der Waals surface area (Å²) in [5, 5.41) is 14.1. The fourth-order valence-electron chi connectivity index (χ4n) is 3.65. The summed E-state index contributed by atoms with van der Waals surface area (Å²) in [5.74, 6) is 0. The number of hydrogen-bond donors (Lipinski definition) is 2. The molecule has 0 aromatic rings. The van der Waals surface area contributed by atoms with E-state index in [0.717, 1.165) is 32.6 Å². The highest BCUT2D eigenvalue weighted by molar-refractivity contribution is 4.98. The molecule has 18 heavy (non-hydrogen) atoms. The van der Waals surface area contributed by atoms with E-state index in [9.17, 15) is 5.11 Å². The van der Waals surface area contributed by atoms with Gasteiger partial charge in [-0.3, -0.25) is 0 Å². The molecule has 0 aromatic carbocycles. The quantitative estimate of drug-likeness (QED) is 0.793. The van der Waals surface area contributed by atoms with Gasteiger partial charge < -0.3 is 15.2 Å². The zero-order valence-corrected chi connectivity index (χ0v) is 12.0. The lowest BCUT2D eigenvalue weighted by Crippen LogP contribution is -2.50. The predicted octanol–water partition coefficient (Wildman–Crippen LogP) is 2.48. The third-order valence-electron chi connectivity index (χ3n) is 5.39. The van der Waals surface area contributed by atoms with Crippen molar-refractivity contribution < 1.29 is 9.84 Å². The fourth-order valence-corrected chi connectivity index (χ4v) is 3.65. The van der Waals surface area contributed by atoms with Crippen LogP contribution >= 0.6 is 0 Å². The average Bonchev–Trinajstić information content (AvgIpc) is 2.79. The van der Waals surface area contributed by atoms with Crippen LogP contribution in [0, 0.1) is 5.41 Å². The van der Waals surface area contributed by atoms with Crippen LogP contribution in [0.1, 0.15) is 58.8 Å². The first-order valence-corrected chi connectivity index (χ1v) is 7.68. The highest BCUT2D eigenvalue weighted by Crippen LogP contribution is 2.46. The molecule has 2 rings (SSSR count). The molecule has 1 saturated carbocycles. The largest absolute Gasteiger partial charge is 0.389 e. The van der Waals surface area contributed by atoms with E-state index in [1.165, 1.54) is 32.1 Å². The Balaban J connectivity index is 1.91. The number of rotatable bonds is 5. The molecule has 1 heterocycles. The summed E-state index contributed by atoms with van der Waals surface area (Å²) in [5.41, 5.74) is -0.0599. The fraction of sp³-hybridized carbons (Fsp3) is 1.00. The van der Waals surface area contributed by atoms with Gasteiger partial charge in [-0.15, -0.1) is 0 Å². The van der Waals surface area contributed by atoms with Gasteiger partial charge in [-0.2, -0.15) is 0 Å². The van der Waals surface area contributed by atoms with Crippen LogP contribution < -0.4 is 5.32 Å². The lowest BCUT2D eigenvalue weighted by atomic mass is 9.75. The van der Waals surface area contributed by atoms with E-state index in [1.54, 1.807) is 0 Å². The van der Waals surface area contributed by atoms with Crippen LogP contribution in [0.2, 0.25) is 0 Å². The van der Waals surface area contributed by atoms with Crippen LogP contribution in [0.15, 0.2) is 0 Å². The molecule has 3 heteroatoms. The van der Waals surface area contributed by atoms with E-state index in [2.05, 4.69) is 19.2 Å². The van der Waals surface area contributed by atoms with Gasteiger partial charge in [0.1, 0.15) is 0 Å². The molecular formula is C15H29NO2. The number of nitrogens with one attached hydrogen (secondary N) is 1. The summed E-state index contributed by atoms with van der Waals surface area (Å²) in [6, 6.07) is 0.589. The van der Waals surface area contributed by atoms with E-state index >= 15 is 0 Å². The van der Waals surface area contributed by atoms with Gasteiger partial charge in [0.25, 0.3) is 0 Å². The Kier molecular flexibility index (Phi) is 4.68. The minimum absolute atomic E-state index is 0.459. The summed E-state index contributed by atoms with van der Waals surface area (Å²) in [7, 11) is 0. The van der Waals surface area contributed by atoms with Crippen molar-refractivity contribution in [1.29, 1.82) is 0 Å². The van der Waals surface area contributed by atoms with Crippen molar-refractivity contribution in [3.63, 3.8) is 0 Å². The topological polar surface area (TPSA) is 41.5 Å². The molecule has 1 aliphatic carbocycles. The van der Waals surface area contributed by atoms with E-state index in [4.69, 9.17) is 4.74 Å².